The summed E-state index contributed by atoms with van der Waals surface area (Å²) in [6, 6.07) is 7.71. The molecule has 1 aromatic carbocycles. The zero-order chi connectivity index (χ0) is 15.1. The highest BCUT2D eigenvalue weighted by Crippen LogP contribution is 2.28. The first-order chi connectivity index (χ1) is 10.2. The SMILES string of the molecule is N#CCCN(Cc1ccc(F)c(C#CCCO)c1)C1CC1. The van der Waals surface area contributed by atoms with E-state index < -0.39 is 0 Å². The van der Waals surface area contributed by atoms with Gasteiger partial charge < -0.3 is 5.11 Å². The summed E-state index contributed by atoms with van der Waals surface area (Å²) in [4.78, 5) is 2.28. The molecule has 0 amide bonds. The average molecular weight is 286 g/mol. The second-order valence-corrected chi connectivity index (χ2v) is 5.20. The first-order valence-electron chi connectivity index (χ1n) is 7.23. The first kappa shape index (κ1) is 15.5. The zero-order valence-corrected chi connectivity index (χ0v) is 12.0. The maximum atomic E-state index is 13.7. The monoisotopic (exact) mass is 286 g/mol. The number of halogens is 1. The lowest BCUT2D eigenvalue weighted by molar-refractivity contribution is 0.261. The number of hydrogen-bond donors (Lipinski definition) is 1. The Balaban J connectivity index is 2.07. The molecule has 110 valence electrons. The van der Waals surface area contributed by atoms with Crippen LogP contribution in [0.2, 0.25) is 0 Å². The van der Waals surface area contributed by atoms with Crippen LogP contribution in [0.5, 0.6) is 0 Å². The van der Waals surface area contributed by atoms with Crippen LogP contribution in [-0.4, -0.2) is 29.2 Å². The molecule has 4 heteroatoms. The average Bonchev–Trinajstić information content (AvgIpc) is 3.31. The Hall–Kier alpha value is -1.88. The van der Waals surface area contributed by atoms with Gasteiger partial charge in [-0.05, 0) is 30.5 Å². The smallest absolute Gasteiger partial charge is 0.138 e. The molecule has 1 aliphatic carbocycles. The molecule has 0 bridgehead atoms. The molecule has 0 saturated heterocycles. The van der Waals surface area contributed by atoms with Gasteiger partial charge in [0, 0.05) is 32.0 Å². The van der Waals surface area contributed by atoms with Gasteiger partial charge in [0.05, 0.1) is 18.2 Å². The van der Waals surface area contributed by atoms with Crippen molar-refractivity contribution >= 4 is 0 Å². The largest absolute Gasteiger partial charge is 0.395 e. The van der Waals surface area contributed by atoms with Gasteiger partial charge in [-0.2, -0.15) is 5.26 Å². The quantitative estimate of drug-likeness (QED) is 0.817. The van der Waals surface area contributed by atoms with Crippen LogP contribution >= 0.6 is 0 Å². The predicted octanol–water partition coefficient (Wildman–Crippen LogP) is 2.44. The highest BCUT2D eigenvalue weighted by atomic mass is 19.1. The Bertz CT molecular complexity index is 579. The van der Waals surface area contributed by atoms with E-state index in [0.717, 1.165) is 18.7 Å². The van der Waals surface area contributed by atoms with Crippen molar-refractivity contribution in [1.82, 2.24) is 4.90 Å². The maximum absolute atomic E-state index is 13.7. The lowest BCUT2D eigenvalue weighted by Crippen LogP contribution is -2.26. The Morgan fingerprint density at radius 3 is 2.81 bits per heavy atom. The van der Waals surface area contributed by atoms with Crippen molar-refractivity contribution in [2.75, 3.05) is 13.2 Å². The zero-order valence-electron chi connectivity index (χ0n) is 12.0. The number of rotatable bonds is 6. The van der Waals surface area contributed by atoms with Gasteiger partial charge in [0.1, 0.15) is 5.82 Å². The molecule has 0 unspecified atom stereocenters. The summed E-state index contributed by atoms with van der Waals surface area (Å²) in [6.45, 7) is 1.46. The van der Waals surface area contributed by atoms with E-state index in [2.05, 4.69) is 22.8 Å². The molecule has 2 rings (SSSR count). The molecule has 1 N–H and O–H groups in total. The van der Waals surface area contributed by atoms with Gasteiger partial charge in [-0.3, -0.25) is 4.90 Å². The predicted molar refractivity (Wildman–Crippen MR) is 78.6 cm³/mol. The van der Waals surface area contributed by atoms with E-state index in [1.165, 1.54) is 18.9 Å². The molecule has 0 heterocycles. The molecule has 0 aliphatic heterocycles. The molecule has 3 nitrogen and oxygen atoms in total. The molecule has 1 saturated carbocycles. The lowest BCUT2D eigenvalue weighted by Gasteiger charge is -2.20. The third-order valence-electron chi connectivity index (χ3n) is 3.45. The number of nitriles is 1. The van der Waals surface area contributed by atoms with Crippen LogP contribution in [0.4, 0.5) is 4.39 Å². The van der Waals surface area contributed by atoms with Crippen molar-refractivity contribution in [2.45, 2.75) is 38.3 Å². The lowest BCUT2D eigenvalue weighted by atomic mass is 10.1. The second-order valence-electron chi connectivity index (χ2n) is 5.20. The molecule has 21 heavy (non-hydrogen) atoms. The van der Waals surface area contributed by atoms with E-state index in [0.29, 0.717) is 24.4 Å². The fraction of sp³-hybridized carbons (Fsp3) is 0.471. The summed E-state index contributed by atoms with van der Waals surface area (Å²) in [5.74, 6) is 5.17. The molecule has 0 radical (unpaired) electrons. The van der Waals surface area contributed by atoms with E-state index >= 15 is 0 Å². The Morgan fingerprint density at radius 2 is 2.14 bits per heavy atom. The summed E-state index contributed by atoms with van der Waals surface area (Å²) in [5.41, 5.74) is 1.38. The van der Waals surface area contributed by atoms with Crippen LogP contribution < -0.4 is 0 Å². The van der Waals surface area contributed by atoms with Crippen LogP contribution in [-0.2, 0) is 6.54 Å². The Morgan fingerprint density at radius 1 is 1.33 bits per heavy atom. The third-order valence-corrected chi connectivity index (χ3v) is 3.45. The van der Waals surface area contributed by atoms with Gasteiger partial charge >= 0.3 is 0 Å². The molecule has 1 aromatic rings. The van der Waals surface area contributed by atoms with E-state index in [-0.39, 0.29) is 12.4 Å². The van der Waals surface area contributed by atoms with Crippen molar-refractivity contribution in [2.24, 2.45) is 0 Å². The van der Waals surface area contributed by atoms with Gasteiger partial charge in [0.15, 0.2) is 0 Å². The van der Waals surface area contributed by atoms with Crippen molar-refractivity contribution in [3.63, 3.8) is 0 Å². The fourth-order valence-electron chi connectivity index (χ4n) is 2.24. The summed E-state index contributed by atoms with van der Waals surface area (Å²) in [7, 11) is 0. The first-order valence-corrected chi connectivity index (χ1v) is 7.23. The van der Waals surface area contributed by atoms with Crippen LogP contribution in [0.3, 0.4) is 0 Å². The van der Waals surface area contributed by atoms with Gasteiger partial charge in [-0.15, -0.1) is 0 Å². The normalized spacial score (nSPS) is 13.6. The van der Waals surface area contributed by atoms with Crippen molar-refractivity contribution < 1.29 is 9.50 Å². The van der Waals surface area contributed by atoms with E-state index in [1.807, 2.05) is 0 Å². The van der Waals surface area contributed by atoms with E-state index in [9.17, 15) is 4.39 Å². The second kappa shape index (κ2) is 7.78. The molecule has 0 aromatic heterocycles. The van der Waals surface area contributed by atoms with Crippen LogP contribution in [0.15, 0.2) is 18.2 Å². The standard InChI is InChI=1S/C17H19FN2O/c18-17-8-5-14(12-15(17)4-1-2-11-21)13-20(10-3-9-19)16-6-7-16/h5,8,12,16,21H,2-3,6-7,10-11,13H2. The molecular weight excluding hydrogens is 267 g/mol. The number of hydrogen-bond acceptors (Lipinski definition) is 3. The molecule has 1 aliphatic rings. The summed E-state index contributed by atoms with van der Waals surface area (Å²) in [5, 5.41) is 17.4. The van der Waals surface area contributed by atoms with Gasteiger partial charge in [0.25, 0.3) is 0 Å². The van der Waals surface area contributed by atoms with Crippen LogP contribution in [0.1, 0.15) is 36.8 Å². The minimum atomic E-state index is -0.334. The molecule has 0 spiro atoms. The van der Waals surface area contributed by atoms with Gasteiger partial charge in [-0.25, -0.2) is 4.39 Å². The maximum Gasteiger partial charge on any atom is 0.138 e. The number of benzene rings is 1. The number of nitrogens with zero attached hydrogens (tertiary/aromatic N) is 2. The molecular formula is C17H19FN2O. The molecule has 0 atom stereocenters. The minimum Gasteiger partial charge on any atom is -0.395 e. The fourth-order valence-corrected chi connectivity index (χ4v) is 2.24. The number of aliphatic hydroxyl groups excluding tert-OH is 1. The van der Waals surface area contributed by atoms with Gasteiger partial charge in [0.2, 0.25) is 0 Å². The van der Waals surface area contributed by atoms with Crippen LogP contribution in [0.25, 0.3) is 0 Å². The highest BCUT2D eigenvalue weighted by molar-refractivity contribution is 5.38. The minimum absolute atomic E-state index is 0.0159. The highest BCUT2D eigenvalue weighted by Gasteiger charge is 2.28. The summed E-state index contributed by atoms with van der Waals surface area (Å²) in [6.07, 6.45) is 3.21. The molecule has 1 fully saturated rings. The third kappa shape index (κ3) is 4.86. The van der Waals surface area contributed by atoms with Crippen LogP contribution in [0, 0.1) is 29.0 Å². The van der Waals surface area contributed by atoms with Crippen molar-refractivity contribution in [3.05, 3.63) is 35.1 Å². The van der Waals surface area contributed by atoms with E-state index in [4.69, 9.17) is 10.4 Å². The number of aliphatic hydroxyl groups is 1. The van der Waals surface area contributed by atoms with Crippen molar-refractivity contribution in [3.8, 4) is 17.9 Å². The summed E-state index contributed by atoms with van der Waals surface area (Å²) < 4.78 is 13.7. The summed E-state index contributed by atoms with van der Waals surface area (Å²) >= 11 is 0. The van der Waals surface area contributed by atoms with Crippen molar-refractivity contribution in [1.29, 1.82) is 5.26 Å². The Labute approximate surface area is 125 Å². The topological polar surface area (TPSA) is 47.3 Å². The Kier molecular flexibility index (Phi) is 5.75. The van der Waals surface area contributed by atoms with Gasteiger partial charge in [-0.1, -0.05) is 17.9 Å². The van der Waals surface area contributed by atoms with E-state index in [1.54, 1.807) is 12.1 Å².